The summed E-state index contributed by atoms with van der Waals surface area (Å²) in [7, 11) is 0. The van der Waals surface area contributed by atoms with Crippen molar-refractivity contribution in [1.29, 1.82) is 0 Å². The van der Waals surface area contributed by atoms with E-state index in [-0.39, 0.29) is 23.3 Å². The van der Waals surface area contributed by atoms with Gasteiger partial charge in [0.15, 0.2) is 11.3 Å². The van der Waals surface area contributed by atoms with E-state index in [1.165, 1.54) is 12.1 Å². The maximum absolute atomic E-state index is 13.0. The molecule has 0 spiro atoms. The van der Waals surface area contributed by atoms with E-state index < -0.39 is 0 Å². The first kappa shape index (κ1) is 13.1. The molecule has 0 bridgehead atoms. The molecule has 0 aliphatic heterocycles. The van der Waals surface area contributed by atoms with Crippen molar-refractivity contribution in [2.45, 2.75) is 6.92 Å². The van der Waals surface area contributed by atoms with Crippen LogP contribution in [0, 0.1) is 5.82 Å². The molecule has 106 valence electrons. The highest BCUT2D eigenvalue weighted by molar-refractivity contribution is 5.77. The van der Waals surface area contributed by atoms with Gasteiger partial charge in [-0.15, -0.1) is 10.2 Å². The number of hydrogen-bond donors (Lipinski definition) is 1. The Morgan fingerprint density at radius 3 is 2.57 bits per heavy atom. The van der Waals surface area contributed by atoms with Crippen LogP contribution >= 0.6 is 0 Å². The molecule has 0 fully saturated rings. The maximum Gasteiger partial charge on any atom is 0.247 e. The number of fused-ring (bicyclic) bond motifs is 1. The second kappa shape index (κ2) is 5.23. The molecular formula is C13H11FN6O. The minimum absolute atomic E-state index is 0.0385. The third-order valence-electron chi connectivity index (χ3n) is 2.69. The summed E-state index contributed by atoms with van der Waals surface area (Å²) in [6.45, 7) is 2.22. The molecule has 2 aromatic heterocycles. The van der Waals surface area contributed by atoms with Crippen LogP contribution < -0.4 is 10.5 Å². The van der Waals surface area contributed by atoms with Crippen LogP contribution in [-0.2, 0) is 0 Å². The fourth-order valence-corrected chi connectivity index (χ4v) is 1.79. The number of nitrogens with zero attached hydrogens (tertiary/aromatic N) is 5. The zero-order valence-electron chi connectivity index (χ0n) is 11.1. The summed E-state index contributed by atoms with van der Waals surface area (Å²) in [6, 6.07) is 5.78. The SMILES string of the molecule is CCOc1nc(N)nc2nnc(-c3ccc(F)cc3)nc12. The van der Waals surface area contributed by atoms with Gasteiger partial charge in [0.1, 0.15) is 5.82 Å². The molecule has 21 heavy (non-hydrogen) atoms. The highest BCUT2D eigenvalue weighted by Gasteiger charge is 2.13. The molecule has 0 saturated carbocycles. The van der Waals surface area contributed by atoms with Crippen molar-refractivity contribution >= 4 is 17.1 Å². The molecule has 0 aliphatic rings. The maximum atomic E-state index is 13.0. The first-order valence-corrected chi connectivity index (χ1v) is 6.24. The van der Waals surface area contributed by atoms with Crippen molar-refractivity contribution in [2.75, 3.05) is 12.3 Å². The van der Waals surface area contributed by atoms with Gasteiger partial charge in [-0.3, -0.25) is 0 Å². The molecule has 0 saturated heterocycles. The number of nitrogen functional groups attached to an aromatic ring is 1. The van der Waals surface area contributed by atoms with Crippen molar-refractivity contribution in [1.82, 2.24) is 25.1 Å². The Bertz CT molecular complexity index is 793. The van der Waals surface area contributed by atoms with Gasteiger partial charge >= 0.3 is 0 Å². The Hall–Kier alpha value is -2.90. The van der Waals surface area contributed by atoms with Gasteiger partial charge in [-0.1, -0.05) is 0 Å². The topological polar surface area (TPSA) is 99.7 Å². The Morgan fingerprint density at radius 2 is 1.86 bits per heavy atom. The van der Waals surface area contributed by atoms with Gasteiger partial charge in [0.05, 0.1) is 6.61 Å². The highest BCUT2D eigenvalue weighted by Crippen LogP contribution is 2.22. The van der Waals surface area contributed by atoms with E-state index in [2.05, 4.69) is 25.1 Å². The van der Waals surface area contributed by atoms with Crippen LogP contribution in [-0.4, -0.2) is 31.8 Å². The minimum Gasteiger partial charge on any atom is -0.476 e. The van der Waals surface area contributed by atoms with E-state index in [0.717, 1.165) is 0 Å². The van der Waals surface area contributed by atoms with Crippen LogP contribution in [0.1, 0.15) is 6.92 Å². The molecule has 1 aromatic carbocycles. The molecular weight excluding hydrogens is 275 g/mol. The van der Waals surface area contributed by atoms with Crippen molar-refractivity contribution in [3.63, 3.8) is 0 Å². The van der Waals surface area contributed by atoms with Gasteiger partial charge in [0.25, 0.3) is 0 Å². The number of aromatic nitrogens is 5. The molecule has 0 atom stereocenters. The Morgan fingerprint density at radius 1 is 1.10 bits per heavy atom. The average molecular weight is 286 g/mol. The Kier molecular flexibility index (Phi) is 3.27. The standard InChI is InChI=1S/C13H11FN6O/c1-2-21-12-9-11(17-13(15)18-12)20-19-10(16-9)7-3-5-8(14)6-4-7/h3-6H,2H2,1H3,(H2,15,17,18,20). The van der Waals surface area contributed by atoms with Crippen LogP contribution in [0.15, 0.2) is 24.3 Å². The minimum atomic E-state index is -0.335. The van der Waals surface area contributed by atoms with Gasteiger partial charge in [0, 0.05) is 5.56 Å². The number of hydrogen-bond acceptors (Lipinski definition) is 7. The van der Waals surface area contributed by atoms with Crippen molar-refractivity contribution < 1.29 is 9.13 Å². The molecule has 0 unspecified atom stereocenters. The van der Waals surface area contributed by atoms with Gasteiger partial charge in [0.2, 0.25) is 17.5 Å². The fraction of sp³-hybridized carbons (Fsp3) is 0.154. The van der Waals surface area contributed by atoms with E-state index in [9.17, 15) is 4.39 Å². The third kappa shape index (κ3) is 2.55. The zero-order chi connectivity index (χ0) is 14.8. The monoisotopic (exact) mass is 286 g/mol. The van der Waals surface area contributed by atoms with E-state index in [4.69, 9.17) is 10.5 Å². The van der Waals surface area contributed by atoms with E-state index in [1.807, 2.05) is 6.92 Å². The second-order valence-corrected chi connectivity index (χ2v) is 4.13. The smallest absolute Gasteiger partial charge is 0.247 e. The second-order valence-electron chi connectivity index (χ2n) is 4.13. The largest absolute Gasteiger partial charge is 0.476 e. The summed E-state index contributed by atoms with van der Waals surface area (Å²) in [5.41, 5.74) is 6.82. The Balaban J connectivity index is 2.16. The summed E-state index contributed by atoms with van der Waals surface area (Å²) in [4.78, 5) is 12.3. The number of nitrogens with two attached hydrogens (primary N) is 1. The Labute approximate surface area is 119 Å². The van der Waals surface area contributed by atoms with E-state index in [1.54, 1.807) is 12.1 Å². The fourth-order valence-electron chi connectivity index (χ4n) is 1.79. The van der Waals surface area contributed by atoms with Gasteiger partial charge in [-0.05, 0) is 31.2 Å². The average Bonchev–Trinajstić information content (AvgIpc) is 2.48. The number of ether oxygens (including phenoxy) is 1. The normalized spacial score (nSPS) is 10.8. The highest BCUT2D eigenvalue weighted by atomic mass is 19.1. The number of halogens is 1. The van der Waals surface area contributed by atoms with Crippen LogP contribution in [0.2, 0.25) is 0 Å². The van der Waals surface area contributed by atoms with Crippen LogP contribution in [0.5, 0.6) is 5.88 Å². The lowest BCUT2D eigenvalue weighted by atomic mass is 10.2. The van der Waals surface area contributed by atoms with Crippen LogP contribution in [0.25, 0.3) is 22.6 Å². The van der Waals surface area contributed by atoms with Crippen LogP contribution in [0.4, 0.5) is 10.3 Å². The van der Waals surface area contributed by atoms with Gasteiger partial charge in [-0.25, -0.2) is 9.37 Å². The lowest BCUT2D eigenvalue weighted by molar-refractivity contribution is 0.330. The molecule has 3 rings (SSSR count). The summed E-state index contributed by atoms with van der Waals surface area (Å²) in [5.74, 6) is 0.283. The zero-order valence-corrected chi connectivity index (χ0v) is 11.1. The predicted molar refractivity (Wildman–Crippen MR) is 73.9 cm³/mol. The molecule has 7 nitrogen and oxygen atoms in total. The van der Waals surface area contributed by atoms with E-state index in [0.29, 0.717) is 23.5 Å². The van der Waals surface area contributed by atoms with Crippen molar-refractivity contribution in [3.8, 4) is 17.3 Å². The van der Waals surface area contributed by atoms with Crippen molar-refractivity contribution in [2.24, 2.45) is 0 Å². The molecule has 8 heteroatoms. The predicted octanol–water partition coefficient (Wildman–Crippen LogP) is 1.60. The summed E-state index contributed by atoms with van der Waals surface area (Å²) < 4.78 is 18.3. The lowest BCUT2D eigenvalue weighted by Crippen LogP contribution is -2.05. The number of rotatable bonds is 3. The first-order valence-electron chi connectivity index (χ1n) is 6.24. The summed E-state index contributed by atoms with van der Waals surface area (Å²) in [5, 5.41) is 7.93. The summed E-state index contributed by atoms with van der Waals surface area (Å²) in [6.07, 6.45) is 0. The molecule has 3 aromatic rings. The van der Waals surface area contributed by atoms with Gasteiger partial charge in [-0.2, -0.15) is 9.97 Å². The summed E-state index contributed by atoms with van der Waals surface area (Å²) >= 11 is 0. The number of benzene rings is 1. The molecule has 2 heterocycles. The van der Waals surface area contributed by atoms with Crippen LogP contribution in [0.3, 0.4) is 0 Å². The third-order valence-corrected chi connectivity index (χ3v) is 2.69. The molecule has 2 N–H and O–H groups in total. The quantitative estimate of drug-likeness (QED) is 0.780. The first-order chi connectivity index (χ1) is 10.2. The molecule has 0 radical (unpaired) electrons. The number of anilines is 1. The van der Waals surface area contributed by atoms with E-state index >= 15 is 0 Å². The molecule has 0 amide bonds. The lowest BCUT2D eigenvalue weighted by Gasteiger charge is -2.06. The molecule has 0 aliphatic carbocycles. The van der Waals surface area contributed by atoms with Crippen molar-refractivity contribution in [3.05, 3.63) is 30.1 Å². The van der Waals surface area contributed by atoms with Gasteiger partial charge < -0.3 is 10.5 Å².